The van der Waals surface area contributed by atoms with Gasteiger partial charge in [-0.25, -0.2) is 4.79 Å². The first-order valence-corrected chi connectivity index (χ1v) is 7.94. The molecule has 1 aromatic heterocycles. The Labute approximate surface area is 144 Å². The van der Waals surface area contributed by atoms with Crippen LogP contribution in [0.4, 0.5) is 14.5 Å². The molecule has 5 nitrogen and oxygen atoms in total. The maximum Gasteiger partial charge on any atom is 0.374 e. The summed E-state index contributed by atoms with van der Waals surface area (Å²) in [5.74, 6) is -5.25. The van der Waals surface area contributed by atoms with Crippen LogP contribution in [0.5, 0.6) is 0 Å². The number of amides is 1. The maximum atomic E-state index is 13.8. The molecule has 7 heteroatoms. The Kier molecular flexibility index (Phi) is 6.68. The van der Waals surface area contributed by atoms with Crippen molar-refractivity contribution in [2.75, 3.05) is 11.9 Å². The molecule has 0 fully saturated rings. The van der Waals surface area contributed by atoms with Gasteiger partial charge in [0.25, 0.3) is 5.91 Å². The van der Waals surface area contributed by atoms with Gasteiger partial charge in [0.05, 0.1) is 12.9 Å². The number of rotatable bonds is 9. The average molecular weight is 351 g/mol. The Morgan fingerprint density at radius 1 is 1.04 bits per heavy atom. The minimum Gasteiger partial charge on any atom is -0.460 e. The molecule has 25 heavy (non-hydrogen) atoms. The molecule has 0 radical (unpaired) electrons. The Hall–Kier alpha value is -2.70. The van der Waals surface area contributed by atoms with E-state index in [1.165, 1.54) is 12.3 Å². The van der Waals surface area contributed by atoms with E-state index in [4.69, 9.17) is 9.15 Å². The SMILES string of the molecule is O=C(OCCCCCC(F)(F)C(=O)Nc1ccccc1)c1ccco1. The number of para-hydroxylation sites is 1. The van der Waals surface area contributed by atoms with Crippen LogP contribution < -0.4 is 5.32 Å². The summed E-state index contributed by atoms with van der Waals surface area (Å²) in [5, 5.41) is 2.20. The second-order valence-corrected chi connectivity index (χ2v) is 5.45. The highest BCUT2D eigenvalue weighted by Crippen LogP contribution is 2.24. The first kappa shape index (κ1) is 18.6. The molecule has 2 aromatic rings. The van der Waals surface area contributed by atoms with E-state index in [0.717, 1.165) is 0 Å². The fourth-order valence-corrected chi connectivity index (χ4v) is 2.11. The highest BCUT2D eigenvalue weighted by Gasteiger charge is 2.37. The summed E-state index contributed by atoms with van der Waals surface area (Å²) in [7, 11) is 0. The Bertz CT molecular complexity index is 672. The normalized spacial score (nSPS) is 11.1. The summed E-state index contributed by atoms with van der Waals surface area (Å²) in [6, 6.07) is 11.2. The van der Waals surface area contributed by atoms with Crippen molar-refractivity contribution in [3.63, 3.8) is 0 Å². The van der Waals surface area contributed by atoms with Gasteiger partial charge in [-0.2, -0.15) is 8.78 Å². The molecule has 1 amide bonds. The van der Waals surface area contributed by atoms with Gasteiger partial charge in [-0.15, -0.1) is 0 Å². The highest BCUT2D eigenvalue weighted by atomic mass is 19.3. The van der Waals surface area contributed by atoms with Crippen molar-refractivity contribution in [1.29, 1.82) is 0 Å². The Morgan fingerprint density at radius 3 is 2.48 bits per heavy atom. The number of anilines is 1. The smallest absolute Gasteiger partial charge is 0.374 e. The molecule has 134 valence electrons. The van der Waals surface area contributed by atoms with Crippen LogP contribution >= 0.6 is 0 Å². The Balaban J connectivity index is 1.63. The third kappa shape index (κ3) is 6.02. The second kappa shape index (κ2) is 8.96. The Morgan fingerprint density at radius 2 is 1.80 bits per heavy atom. The fourth-order valence-electron chi connectivity index (χ4n) is 2.11. The number of hydrogen-bond donors (Lipinski definition) is 1. The van der Waals surface area contributed by atoms with Crippen LogP contribution in [0.25, 0.3) is 0 Å². The maximum absolute atomic E-state index is 13.8. The lowest BCUT2D eigenvalue weighted by Crippen LogP contribution is -2.34. The largest absolute Gasteiger partial charge is 0.460 e. The van der Waals surface area contributed by atoms with Gasteiger partial charge in [0, 0.05) is 12.1 Å². The number of furan rings is 1. The molecule has 0 atom stereocenters. The van der Waals surface area contributed by atoms with Crippen molar-refractivity contribution < 1.29 is 27.5 Å². The lowest BCUT2D eigenvalue weighted by molar-refractivity contribution is -0.140. The van der Waals surface area contributed by atoms with Gasteiger partial charge >= 0.3 is 11.9 Å². The van der Waals surface area contributed by atoms with Gasteiger partial charge in [0.15, 0.2) is 0 Å². The zero-order valence-corrected chi connectivity index (χ0v) is 13.5. The molecular formula is C18H19F2NO4. The quantitative estimate of drug-likeness (QED) is 0.541. The van der Waals surface area contributed by atoms with Crippen molar-refractivity contribution in [2.45, 2.75) is 31.6 Å². The molecule has 0 aliphatic carbocycles. The first-order valence-electron chi connectivity index (χ1n) is 7.94. The number of benzene rings is 1. The van der Waals surface area contributed by atoms with Gasteiger partial charge < -0.3 is 14.5 Å². The fraction of sp³-hybridized carbons (Fsp3) is 0.333. The average Bonchev–Trinajstić information content (AvgIpc) is 3.13. The third-order valence-electron chi connectivity index (χ3n) is 3.45. The predicted molar refractivity (Wildman–Crippen MR) is 87.5 cm³/mol. The van der Waals surface area contributed by atoms with Crippen LogP contribution in [0.3, 0.4) is 0 Å². The van der Waals surface area contributed by atoms with Crippen molar-refractivity contribution in [1.82, 2.24) is 0 Å². The molecule has 1 N–H and O–H groups in total. The molecule has 0 aliphatic rings. The standard InChI is InChI=1S/C18H19F2NO4/c19-18(20,17(23)21-14-8-3-1-4-9-14)11-5-2-6-12-25-16(22)15-10-7-13-24-15/h1,3-4,7-10,13H,2,5-6,11-12H2,(H,21,23). The van der Waals surface area contributed by atoms with E-state index >= 15 is 0 Å². The number of ether oxygens (including phenoxy) is 1. The zero-order chi connectivity index (χ0) is 18.1. The number of alkyl halides is 2. The topological polar surface area (TPSA) is 68.5 Å². The molecule has 0 unspecified atom stereocenters. The summed E-state index contributed by atoms with van der Waals surface area (Å²) >= 11 is 0. The van der Waals surface area contributed by atoms with E-state index in [2.05, 4.69) is 5.32 Å². The third-order valence-corrected chi connectivity index (χ3v) is 3.45. The molecule has 1 aromatic carbocycles. The summed E-state index contributed by atoms with van der Waals surface area (Å²) in [5.41, 5.74) is 0.331. The lowest BCUT2D eigenvalue weighted by Gasteiger charge is -2.16. The molecule has 1 heterocycles. The number of unbranched alkanes of at least 4 members (excludes halogenated alkanes) is 2. The van der Waals surface area contributed by atoms with E-state index in [1.54, 1.807) is 36.4 Å². The van der Waals surface area contributed by atoms with Crippen LogP contribution in [0, 0.1) is 0 Å². The minimum absolute atomic E-state index is 0.101. The summed E-state index contributed by atoms with van der Waals surface area (Å²) in [6.07, 6.45) is 1.80. The number of hydrogen-bond acceptors (Lipinski definition) is 4. The molecule has 0 saturated carbocycles. The van der Waals surface area contributed by atoms with Crippen LogP contribution in [0.2, 0.25) is 0 Å². The summed E-state index contributed by atoms with van der Waals surface area (Å²) in [4.78, 5) is 23.1. The first-order chi connectivity index (χ1) is 12.0. The number of carbonyl (C=O) groups is 2. The molecular weight excluding hydrogens is 332 g/mol. The van der Waals surface area contributed by atoms with E-state index in [0.29, 0.717) is 18.5 Å². The van der Waals surface area contributed by atoms with Crippen molar-refractivity contribution in [3.8, 4) is 0 Å². The molecule has 2 rings (SSSR count). The van der Waals surface area contributed by atoms with Gasteiger partial charge in [-0.05, 0) is 43.5 Å². The molecule has 0 bridgehead atoms. The number of nitrogens with one attached hydrogen (secondary N) is 1. The van der Waals surface area contributed by atoms with Crippen molar-refractivity contribution >= 4 is 17.6 Å². The molecule has 0 saturated heterocycles. The van der Waals surface area contributed by atoms with E-state index in [-0.39, 0.29) is 18.8 Å². The minimum atomic E-state index is -3.44. The van der Waals surface area contributed by atoms with Crippen LogP contribution in [0.1, 0.15) is 36.2 Å². The van der Waals surface area contributed by atoms with Crippen molar-refractivity contribution in [2.24, 2.45) is 0 Å². The lowest BCUT2D eigenvalue weighted by atomic mass is 10.1. The van der Waals surface area contributed by atoms with Crippen LogP contribution in [-0.2, 0) is 9.53 Å². The van der Waals surface area contributed by atoms with Crippen LogP contribution in [-0.4, -0.2) is 24.4 Å². The number of carbonyl (C=O) groups excluding carboxylic acids is 2. The van der Waals surface area contributed by atoms with E-state index in [9.17, 15) is 18.4 Å². The van der Waals surface area contributed by atoms with E-state index < -0.39 is 24.2 Å². The monoisotopic (exact) mass is 351 g/mol. The van der Waals surface area contributed by atoms with Crippen molar-refractivity contribution in [3.05, 3.63) is 54.5 Å². The van der Waals surface area contributed by atoms with Gasteiger partial charge in [0.1, 0.15) is 0 Å². The van der Waals surface area contributed by atoms with E-state index in [1.807, 2.05) is 0 Å². The number of halogens is 2. The van der Waals surface area contributed by atoms with Gasteiger partial charge in [-0.3, -0.25) is 4.79 Å². The summed E-state index contributed by atoms with van der Waals surface area (Å²) in [6.45, 7) is 0.112. The highest BCUT2D eigenvalue weighted by molar-refractivity contribution is 5.95. The number of esters is 1. The van der Waals surface area contributed by atoms with Crippen LogP contribution in [0.15, 0.2) is 53.1 Å². The summed E-state index contributed by atoms with van der Waals surface area (Å²) < 4.78 is 37.5. The zero-order valence-electron chi connectivity index (χ0n) is 13.5. The molecule has 0 aliphatic heterocycles. The molecule has 0 spiro atoms. The predicted octanol–water partition coefficient (Wildman–Crippen LogP) is 4.27. The second-order valence-electron chi connectivity index (χ2n) is 5.45. The van der Waals surface area contributed by atoms with Gasteiger partial charge in [-0.1, -0.05) is 18.2 Å². The van der Waals surface area contributed by atoms with Gasteiger partial charge in [0.2, 0.25) is 5.76 Å².